The fourth-order valence-electron chi connectivity index (χ4n) is 1.47. The van der Waals surface area contributed by atoms with Crippen LogP contribution in [0.2, 0.25) is 0 Å². The van der Waals surface area contributed by atoms with E-state index < -0.39 is 0 Å². The zero-order valence-electron chi connectivity index (χ0n) is 8.04. The minimum Gasteiger partial charge on any atom is -0.396 e. The summed E-state index contributed by atoms with van der Waals surface area (Å²) in [5, 5.41) is 4.04. The van der Waals surface area contributed by atoms with Crippen LogP contribution in [0.25, 0.3) is 0 Å². The van der Waals surface area contributed by atoms with Gasteiger partial charge in [-0.1, -0.05) is 5.16 Å². The number of hydrogen-bond donors (Lipinski definition) is 0. The van der Waals surface area contributed by atoms with Crippen LogP contribution < -0.4 is 0 Å². The van der Waals surface area contributed by atoms with Crippen LogP contribution in [0.4, 0.5) is 0 Å². The highest BCUT2D eigenvalue weighted by Crippen LogP contribution is 2.16. The van der Waals surface area contributed by atoms with Crippen molar-refractivity contribution in [2.24, 2.45) is 5.16 Å². The molecule has 1 aliphatic heterocycles. The fourth-order valence-corrected chi connectivity index (χ4v) is 1.47. The predicted octanol–water partition coefficient (Wildman–Crippen LogP) is 1.97. The Morgan fingerprint density at radius 3 is 2.50 bits per heavy atom. The second-order valence-corrected chi connectivity index (χ2v) is 3.24. The molecular formula is C9H17NO2. The van der Waals surface area contributed by atoms with Gasteiger partial charge in [0.25, 0.3) is 0 Å². The molecule has 2 atom stereocenters. The molecule has 3 heteroatoms. The first-order valence-corrected chi connectivity index (χ1v) is 4.55. The smallest absolute Gasteiger partial charge is 0.114 e. The molecule has 0 bridgehead atoms. The summed E-state index contributed by atoms with van der Waals surface area (Å²) >= 11 is 0. The number of oxime groups is 1. The Balaban J connectivity index is 2.43. The average Bonchev–Trinajstić information content (AvgIpc) is 1.99. The van der Waals surface area contributed by atoms with Gasteiger partial charge in [0.05, 0.1) is 17.9 Å². The first-order valence-electron chi connectivity index (χ1n) is 4.55. The van der Waals surface area contributed by atoms with Gasteiger partial charge < -0.3 is 9.57 Å². The van der Waals surface area contributed by atoms with Gasteiger partial charge in [0.1, 0.15) is 6.61 Å². The van der Waals surface area contributed by atoms with E-state index in [0.29, 0.717) is 6.61 Å². The molecule has 12 heavy (non-hydrogen) atoms. The van der Waals surface area contributed by atoms with E-state index in [0.717, 1.165) is 18.6 Å². The van der Waals surface area contributed by atoms with Crippen LogP contribution >= 0.6 is 0 Å². The Bertz CT molecular complexity index is 156. The van der Waals surface area contributed by atoms with Crippen LogP contribution in [0.15, 0.2) is 5.16 Å². The topological polar surface area (TPSA) is 30.8 Å². The van der Waals surface area contributed by atoms with E-state index in [1.54, 1.807) is 0 Å². The first kappa shape index (κ1) is 9.52. The van der Waals surface area contributed by atoms with Crippen molar-refractivity contribution in [3.05, 3.63) is 0 Å². The van der Waals surface area contributed by atoms with Crippen molar-refractivity contribution in [1.82, 2.24) is 0 Å². The van der Waals surface area contributed by atoms with Crippen LogP contribution in [0.5, 0.6) is 0 Å². The van der Waals surface area contributed by atoms with E-state index >= 15 is 0 Å². The summed E-state index contributed by atoms with van der Waals surface area (Å²) in [6, 6.07) is 0. The third-order valence-corrected chi connectivity index (χ3v) is 1.83. The minimum absolute atomic E-state index is 0.285. The maximum absolute atomic E-state index is 5.56. The second-order valence-electron chi connectivity index (χ2n) is 3.24. The maximum atomic E-state index is 5.56. The van der Waals surface area contributed by atoms with Gasteiger partial charge in [-0.3, -0.25) is 0 Å². The lowest BCUT2D eigenvalue weighted by molar-refractivity contribution is 0.00157. The Morgan fingerprint density at radius 2 is 2.00 bits per heavy atom. The summed E-state index contributed by atoms with van der Waals surface area (Å²) in [5.41, 5.74) is 1.13. The molecule has 3 nitrogen and oxygen atoms in total. The summed E-state index contributed by atoms with van der Waals surface area (Å²) in [6.45, 7) is 6.72. The van der Waals surface area contributed by atoms with Gasteiger partial charge in [0.15, 0.2) is 0 Å². The third kappa shape index (κ3) is 2.81. The molecule has 1 rings (SSSR count). The molecule has 0 amide bonds. The van der Waals surface area contributed by atoms with Gasteiger partial charge in [-0.15, -0.1) is 0 Å². The van der Waals surface area contributed by atoms with Crippen molar-refractivity contribution < 1.29 is 9.57 Å². The number of hydrogen-bond acceptors (Lipinski definition) is 3. The molecule has 1 saturated heterocycles. The molecule has 0 aromatic heterocycles. The number of rotatable bonds is 2. The zero-order valence-corrected chi connectivity index (χ0v) is 8.04. The highest BCUT2D eigenvalue weighted by molar-refractivity contribution is 5.85. The molecule has 1 heterocycles. The molecule has 1 fully saturated rings. The van der Waals surface area contributed by atoms with Gasteiger partial charge in [0.2, 0.25) is 0 Å². The van der Waals surface area contributed by atoms with Crippen LogP contribution in [0.1, 0.15) is 33.6 Å². The molecule has 0 aromatic rings. The Labute approximate surface area is 73.7 Å². The molecule has 2 unspecified atom stereocenters. The first-order chi connectivity index (χ1) is 5.72. The Morgan fingerprint density at radius 1 is 1.42 bits per heavy atom. The normalized spacial score (nSPS) is 30.1. The average molecular weight is 171 g/mol. The number of ether oxygens (including phenoxy) is 1. The van der Waals surface area contributed by atoms with Gasteiger partial charge in [0, 0.05) is 12.8 Å². The summed E-state index contributed by atoms with van der Waals surface area (Å²) in [4.78, 5) is 5.00. The summed E-state index contributed by atoms with van der Waals surface area (Å²) in [7, 11) is 0. The van der Waals surface area contributed by atoms with E-state index in [2.05, 4.69) is 19.0 Å². The predicted molar refractivity (Wildman–Crippen MR) is 48.3 cm³/mol. The maximum Gasteiger partial charge on any atom is 0.114 e. The summed E-state index contributed by atoms with van der Waals surface area (Å²) in [6.07, 6.45) is 2.38. The van der Waals surface area contributed by atoms with E-state index in [-0.39, 0.29) is 12.2 Å². The van der Waals surface area contributed by atoms with Crippen molar-refractivity contribution in [3.8, 4) is 0 Å². The summed E-state index contributed by atoms with van der Waals surface area (Å²) < 4.78 is 5.56. The molecule has 70 valence electrons. The minimum atomic E-state index is 0.285. The van der Waals surface area contributed by atoms with E-state index in [1.165, 1.54) is 0 Å². The van der Waals surface area contributed by atoms with E-state index in [9.17, 15) is 0 Å². The monoisotopic (exact) mass is 171 g/mol. The van der Waals surface area contributed by atoms with Crippen molar-refractivity contribution in [1.29, 1.82) is 0 Å². The standard InChI is InChI=1S/C9H17NO2/c1-4-11-10-9-5-7(2)12-8(3)6-9/h7-8H,4-6H2,1-3H3. The van der Waals surface area contributed by atoms with Gasteiger partial charge in [-0.2, -0.15) is 0 Å². The molecule has 0 radical (unpaired) electrons. The molecule has 0 aromatic carbocycles. The molecule has 0 aliphatic carbocycles. The molecule has 0 N–H and O–H groups in total. The fraction of sp³-hybridized carbons (Fsp3) is 0.889. The highest BCUT2D eigenvalue weighted by Gasteiger charge is 2.20. The molecule has 0 saturated carbocycles. The van der Waals surface area contributed by atoms with E-state index in [4.69, 9.17) is 9.57 Å². The van der Waals surface area contributed by atoms with Crippen LogP contribution in [0.3, 0.4) is 0 Å². The van der Waals surface area contributed by atoms with Crippen LogP contribution in [-0.4, -0.2) is 24.5 Å². The zero-order chi connectivity index (χ0) is 8.97. The third-order valence-electron chi connectivity index (χ3n) is 1.83. The van der Waals surface area contributed by atoms with Crippen LogP contribution in [0, 0.1) is 0 Å². The van der Waals surface area contributed by atoms with Crippen molar-refractivity contribution in [2.75, 3.05) is 6.61 Å². The lowest BCUT2D eigenvalue weighted by atomic mass is 10.0. The van der Waals surface area contributed by atoms with Crippen LogP contribution in [-0.2, 0) is 9.57 Å². The van der Waals surface area contributed by atoms with Gasteiger partial charge >= 0.3 is 0 Å². The Kier molecular flexibility index (Phi) is 3.53. The van der Waals surface area contributed by atoms with Gasteiger partial charge in [-0.25, -0.2) is 0 Å². The summed E-state index contributed by atoms with van der Waals surface area (Å²) in [5.74, 6) is 0. The second kappa shape index (κ2) is 4.45. The molecular weight excluding hydrogens is 154 g/mol. The highest BCUT2D eigenvalue weighted by atomic mass is 16.6. The lowest BCUT2D eigenvalue weighted by Crippen LogP contribution is -2.29. The largest absolute Gasteiger partial charge is 0.396 e. The lowest BCUT2D eigenvalue weighted by Gasteiger charge is -2.25. The number of nitrogens with zero attached hydrogens (tertiary/aromatic N) is 1. The van der Waals surface area contributed by atoms with Gasteiger partial charge in [-0.05, 0) is 20.8 Å². The molecule has 0 spiro atoms. The van der Waals surface area contributed by atoms with E-state index in [1.807, 2.05) is 6.92 Å². The SMILES string of the molecule is CCON=C1CC(C)OC(C)C1. The molecule has 1 aliphatic rings. The quantitative estimate of drug-likeness (QED) is 0.595. The van der Waals surface area contributed by atoms with Crippen molar-refractivity contribution >= 4 is 5.71 Å². The Hall–Kier alpha value is -0.570. The van der Waals surface area contributed by atoms with Crippen molar-refractivity contribution in [2.45, 2.75) is 45.8 Å². The van der Waals surface area contributed by atoms with Crippen molar-refractivity contribution in [3.63, 3.8) is 0 Å².